The maximum absolute atomic E-state index is 12.2. The molecule has 0 aromatic carbocycles. The number of halogens is 1. The first-order chi connectivity index (χ1) is 13.1. The van der Waals surface area contributed by atoms with Crippen LogP contribution in [-0.2, 0) is 15.4 Å². The van der Waals surface area contributed by atoms with Crippen molar-refractivity contribution in [2.24, 2.45) is 5.11 Å². The lowest BCUT2D eigenvalue weighted by Crippen LogP contribution is -2.45. The van der Waals surface area contributed by atoms with E-state index in [0.29, 0.717) is 34.8 Å². The van der Waals surface area contributed by atoms with E-state index < -0.39 is 20.6 Å². The molecular weight excluding hydrogens is 402 g/mol. The molecule has 1 saturated carbocycles. The van der Waals surface area contributed by atoms with Crippen LogP contribution in [0.15, 0.2) is 23.6 Å². The standard InChI is InChI=1S/C18H22ClN5O3S/c1-10(2)28(25,26)12-5-11(6-12)27-17-14-8-21-16(19)7-13(14)15(9-22-17)18(3,4)23-24-20/h7-12H,5-6H2,1-4H3/t11-,12+. The number of hydrogen-bond donors (Lipinski definition) is 0. The van der Waals surface area contributed by atoms with E-state index in [1.807, 2.05) is 0 Å². The molecular formula is C18H22ClN5O3S. The van der Waals surface area contributed by atoms with E-state index in [0.717, 1.165) is 5.39 Å². The van der Waals surface area contributed by atoms with Gasteiger partial charge in [-0.05, 0) is 36.4 Å². The van der Waals surface area contributed by atoms with E-state index in [4.69, 9.17) is 21.9 Å². The van der Waals surface area contributed by atoms with Crippen molar-refractivity contribution in [2.75, 3.05) is 0 Å². The van der Waals surface area contributed by atoms with Gasteiger partial charge in [0.05, 0.1) is 21.4 Å². The van der Waals surface area contributed by atoms with Gasteiger partial charge in [0, 0.05) is 30.1 Å². The van der Waals surface area contributed by atoms with E-state index in [2.05, 4.69) is 20.0 Å². The van der Waals surface area contributed by atoms with Crippen molar-refractivity contribution in [3.63, 3.8) is 0 Å². The van der Waals surface area contributed by atoms with Crippen LogP contribution in [0.1, 0.15) is 46.1 Å². The number of ether oxygens (including phenoxy) is 1. The normalized spacial score (nSPS) is 19.9. The minimum Gasteiger partial charge on any atom is -0.474 e. The van der Waals surface area contributed by atoms with Gasteiger partial charge in [0.2, 0.25) is 5.88 Å². The first-order valence-electron chi connectivity index (χ1n) is 8.96. The molecule has 2 aromatic heterocycles. The average molecular weight is 424 g/mol. The summed E-state index contributed by atoms with van der Waals surface area (Å²) >= 11 is 6.07. The predicted molar refractivity (Wildman–Crippen MR) is 108 cm³/mol. The van der Waals surface area contributed by atoms with Gasteiger partial charge in [-0.2, -0.15) is 0 Å². The highest BCUT2D eigenvalue weighted by atomic mass is 35.5. The van der Waals surface area contributed by atoms with Gasteiger partial charge in [-0.15, -0.1) is 0 Å². The van der Waals surface area contributed by atoms with E-state index in [9.17, 15) is 8.42 Å². The maximum atomic E-state index is 12.2. The van der Waals surface area contributed by atoms with Gasteiger partial charge in [-0.25, -0.2) is 18.4 Å². The lowest BCUT2D eigenvalue weighted by atomic mass is 9.92. The molecule has 0 aliphatic heterocycles. The number of azide groups is 1. The fourth-order valence-corrected chi connectivity index (χ4v) is 5.15. The molecule has 0 N–H and O–H groups in total. The zero-order valence-corrected chi connectivity index (χ0v) is 17.7. The molecule has 2 heterocycles. The third kappa shape index (κ3) is 3.74. The zero-order valence-electron chi connectivity index (χ0n) is 16.1. The molecule has 8 nitrogen and oxygen atoms in total. The number of sulfone groups is 1. The summed E-state index contributed by atoms with van der Waals surface area (Å²) in [5, 5.41) is 4.74. The Bertz CT molecular complexity index is 1060. The van der Waals surface area contributed by atoms with Crippen molar-refractivity contribution in [2.45, 2.75) is 62.7 Å². The summed E-state index contributed by atoms with van der Waals surface area (Å²) in [5.41, 5.74) is 8.72. The second-order valence-corrected chi connectivity index (χ2v) is 10.9. The van der Waals surface area contributed by atoms with Crippen molar-refractivity contribution < 1.29 is 13.2 Å². The number of aromatic nitrogens is 2. The highest BCUT2D eigenvalue weighted by Crippen LogP contribution is 2.38. The van der Waals surface area contributed by atoms with Crippen LogP contribution in [-0.4, -0.2) is 35.0 Å². The lowest BCUT2D eigenvalue weighted by molar-refractivity contribution is 0.119. The Kier molecular flexibility index (Phi) is 5.44. The third-order valence-corrected chi connectivity index (χ3v) is 7.94. The van der Waals surface area contributed by atoms with Gasteiger partial charge in [-0.3, -0.25) is 0 Å². The van der Waals surface area contributed by atoms with E-state index in [1.54, 1.807) is 46.2 Å². The molecule has 0 spiro atoms. The second-order valence-electron chi connectivity index (χ2n) is 7.75. The second kappa shape index (κ2) is 7.39. The van der Waals surface area contributed by atoms with Crippen LogP contribution in [0, 0.1) is 0 Å². The summed E-state index contributed by atoms with van der Waals surface area (Å²) in [5.74, 6) is 0.366. The van der Waals surface area contributed by atoms with Crippen LogP contribution in [0.4, 0.5) is 0 Å². The Morgan fingerprint density at radius 1 is 1.29 bits per heavy atom. The minimum absolute atomic E-state index is 0.221. The summed E-state index contributed by atoms with van der Waals surface area (Å²) < 4.78 is 30.5. The van der Waals surface area contributed by atoms with Gasteiger partial charge in [-0.1, -0.05) is 30.6 Å². The number of nitrogens with zero attached hydrogens (tertiary/aromatic N) is 5. The van der Waals surface area contributed by atoms with Crippen LogP contribution >= 0.6 is 11.6 Å². The molecule has 0 atom stereocenters. The van der Waals surface area contributed by atoms with Gasteiger partial charge in [0.1, 0.15) is 11.3 Å². The van der Waals surface area contributed by atoms with Gasteiger partial charge in [0.15, 0.2) is 9.84 Å². The molecule has 3 rings (SSSR count). The molecule has 0 radical (unpaired) electrons. The lowest BCUT2D eigenvalue weighted by Gasteiger charge is -2.35. The fraction of sp³-hybridized carbons (Fsp3) is 0.556. The van der Waals surface area contributed by atoms with Gasteiger partial charge in [0.25, 0.3) is 0 Å². The quantitative estimate of drug-likeness (QED) is 0.292. The highest BCUT2D eigenvalue weighted by Gasteiger charge is 2.41. The van der Waals surface area contributed by atoms with E-state index >= 15 is 0 Å². The summed E-state index contributed by atoms with van der Waals surface area (Å²) in [4.78, 5) is 11.4. The Balaban J connectivity index is 1.92. The van der Waals surface area contributed by atoms with Crippen molar-refractivity contribution in [3.05, 3.63) is 39.6 Å². The number of pyridine rings is 2. The molecule has 0 bridgehead atoms. The summed E-state index contributed by atoms with van der Waals surface area (Å²) in [6.07, 6.45) is 3.83. The number of hydrogen-bond acceptors (Lipinski definition) is 6. The van der Waals surface area contributed by atoms with Crippen LogP contribution in [0.3, 0.4) is 0 Å². The predicted octanol–water partition coefficient (Wildman–Crippen LogP) is 4.56. The molecule has 0 amide bonds. The minimum atomic E-state index is -3.12. The molecule has 1 aliphatic rings. The molecule has 2 aromatic rings. The van der Waals surface area contributed by atoms with Gasteiger partial charge < -0.3 is 4.74 Å². The molecule has 0 unspecified atom stereocenters. The summed E-state index contributed by atoms with van der Waals surface area (Å²) in [7, 11) is -3.12. The molecule has 150 valence electrons. The molecule has 10 heteroatoms. The largest absolute Gasteiger partial charge is 0.474 e. The van der Waals surface area contributed by atoms with E-state index in [1.165, 1.54) is 0 Å². The van der Waals surface area contributed by atoms with Crippen molar-refractivity contribution in [1.82, 2.24) is 9.97 Å². The van der Waals surface area contributed by atoms with Gasteiger partial charge >= 0.3 is 0 Å². The Hall–Kier alpha value is -2.09. The third-order valence-electron chi connectivity index (χ3n) is 5.11. The van der Waals surface area contributed by atoms with Crippen LogP contribution in [0.25, 0.3) is 21.2 Å². The fourth-order valence-electron chi connectivity index (χ4n) is 3.26. The SMILES string of the molecule is CC(C)S(=O)(=O)[C@H]1C[C@@H](Oc2ncc(C(C)(C)N=[N+]=[N-])c3cc(Cl)ncc23)C1. The summed E-state index contributed by atoms with van der Waals surface area (Å²) in [6.45, 7) is 6.95. The molecule has 28 heavy (non-hydrogen) atoms. The first kappa shape index (κ1) is 20.6. The van der Waals surface area contributed by atoms with Crippen molar-refractivity contribution >= 4 is 32.2 Å². The molecule has 1 fully saturated rings. The van der Waals surface area contributed by atoms with Crippen LogP contribution in [0.2, 0.25) is 5.15 Å². The van der Waals surface area contributed by atoms with Crippen molar-refractivity contribution in [1.29, 1.82) is 0 Å². The topological polar surface area (TPSA) is 118 Å². The smallest absolute Gasteiger partial charge is 0.223 e. The monoisotopic (exact) mass is 423 g/mol. The van der Waals surface area contributed by atoms with E-state index in [-0.39, 0.29) is 11.4 Å². The number of fused-ring (bicyclic) bond motifs is 1. The average Bonchev–Trinajstić information content (AvgIpc) is 2.56. The van der Waals surface area contributed by atoms with Crippen LogP contribution < -0.4 is 4.74 Å². The molecule has 1 aliphatic carbocycles. The highest BCUT2D eigenvalue weighted by molar-refractivity contribution is 7.92. The Labute approximate surface area is 168 Å². The van der Waals surface area contributed by atoms with Crippen molar-refractivity contribution in [3.8, 4) is 5.88 Å². The Morgan fingerprint density at radius 3 is 2.57 bits per heavy atom. The summed E-state index contributed by atoms with van der Waals surface area (Å²) in [6, 6.07) is 1.68. The maximum Gasteiger partial charge on any atom is 0.223 e. The Morgan fingerprint density at radius 2 is 1.96 bits per heavy atom. The molecule has 0 saturated heterocycles. The number of rotatable bonds is 6. The first-order valence-corrected chi connectivity index (χ1v) is 11.0. The zero-order chi connectivity index (χ0) is 20.7. The van der Waals surface area contributed by atoms with Crippen LogP contribution in [0.5, 0.6) is 5.88 Å².